The van der Waals surface area contributed by atoms with E-state index in [9.17, 15) is 0 Å². The lowest BCUT2D eigenvalue weighted by molar-refractivity contribution is 0.140. The molecule has 0 spiro atoms. The van der Waals surface area contributed by atoms with Crippen LogP contribution in [0, 0.1) is 0 Å². The summed E-state index contributed by atoms with van der Waals surface area (Å²) in [5.74, 6) is 0. The van der Waals surface area contributed by atoms with Gasteiger partial charge in [0, 0.05) is 32.3 Å². The largest absolute Gasteiger partial charge is 0.383 e. The number of nitrogens with two attached hydrogens (primary N) is 1. The van der Waals surface area contributed by atoms with Gasteiger partial charge in [-0.2, -0.15) is 0 Å². The average Bonchev–Trinajstić information content (AvgIpc) is 2.79. The highest BCUT2D eigenvalue weighted by atomic mass is 16.5. The molecule has 2 N–H and O–H groups in total. The molecule has 12 heavy (non-hydrogen) atoms. The Balaban J connectivity index is 2.18. The molecule has 0 aliphatic heterocycles. The summed E-state index contributed by atoms with van der Waals surface area (Å²) in [5.41, 5.74) is 5.75. The molecule has 0 saturated heterocycles. The topological polar surface area (TPSA) is 38.5 Å². The van der Waals surface area contributed by atoms with Gasteiger partial charge < -0.3 is 10.5 Å². The Labute approximate surface area is 74.9 Å². The zero-order valence-electron chi connectivity index (χ0n) is 8.12. The molecule has 0 heterocycles. The van der Waals surface area contributed by atoms with Crippen LogP contribution >= 0.6 is 0 Å². The predicted molar refractivity (Wildman–Crippen MR) is 50.1 cm³/mol. The number of hydrogen-bond acceptors (Lipinski definition) is 3. The smallest absolute Gasteiger partial charge is 0.0589 e. The lowest BCUT2D eigenvalue weighted by atomic mass is 10.3. The van der Waals surface area contributed by atoms with Gasteiger partial charge in [0.1, 0.15) is 0 Å². The van der Waals surface area contributed by atoms with Crippen LogP contribution in [-0.4, -0.2) is 43.8 Å². The molecule has 0 aromatic rings. The monoisotopic (exact) mass is 172 g/mol. The van der Waals surface area contributed by atoms with Crippen molar-refractivity contribution in [2.24, 2.45) is 5.73 Å². The number of nitrogens with zero attached hydrogens (tertiary/aromatic N) is 1. The minimum atomic E-state index is 0.280. The van der Waals surface area contributed by atoms with E-state index in [1.165, 1.54) is 12.8 Å². The summed E-state index contributed by atoms with van der Waals surface area (Å²) >= 11 is 0. The molecular weight excluding hydrogens is 152 g/mol. The molecule has 1 saturated carbocycles. The van der Waals surface area contributed by atoms with E-state index in [1.807, 2.05) is 0 Å². The summed E-state index contributed by atoms with van der Waals surface area (Å²) in [5, 5.41) is 0. The van der Waals surface area contributed by atoms with Crippen molar-refractivity contribution in [1.82, 2.24) is 4.90 Å². The second-order valence-electron chi connectivity index (χ2n) is 3.70. The predicted octanol–water partition coefficient (Wildman–Crippen LogP) is 0.444. The van der Waals surface area contributed by atoms with E-state index >= 15 is 0 Å². The zero-order chi connectivity index (χ0) is 8.97. The average molecular weight is 172 g/mol. The molecule has 72 valence electrons. The molecule has 1 atom stereocenters. The highest BCUT2D eigenvalue weighted by Crippen LogP contribution is 2.26. The first-order chi connectivity index (χ1) is 5.74. The van der Waals surface area contributed by atoms with Crippen LogP contribution in [0.4, 0.5) is 0 Å². The number of hydrogen-bond donors (Lipinski definition) is 1. The van der Waals surface area contributed by atoms with Gasteiger partial charge in [-0.05, 0) is 19.8 Å². The fourth-order valence-corrected chi connectivity index (χ4v) is 1.44. The van der Waals surface area contributed by atoms with Crippen molar-refractivity contribution >= 4 is 0 Å². The van der Waals surface area contributed by atoms with Crippen LogP contribution < -0.4 is 5.73 Å². The van der Waals surface area contributed by atoms with Crippen molar-refractivity contribution in [1.29, 1.82) is 0 Å². The van der Waals surface area contributed by atoms with Gasteiger partial charge >= 0.3 is 0 Å². The fourth-order valence-electron chi connectivity index (χ4n) is 1.44. The summed E-state index contributed by atoms with van der Waals surface area (Å²) in [6.07, 6.45) is 2.69. The highest BCUT2D eigenvalue weighted by molar-refractivity contribution is 4.85. The quantitative estimate of drug-likeness (QED) is 0.632. The third kappa shape index (κ3) is 3.52. The van der Waals surface area contributed by atoms with E-state index in [-0.39, 0.29) is 6.04 Å². The second-order valence-corrected chi connectivity index (χ2v) is 3.70. The first-order valence-corrected chi connectivity index (χ1v) is 4.72. The van der Waals surface area contributed by atoms with Crippen molar-refractivity contribution in [3.05, 3.63) is 0 Å². The van der Waals surface area contributed by atoms with Crippen LogP contribution in [0.2, 0.25) is 0 Å². The molecule has 3 heteroatoms. The molecule has 0 amide bonds. The summed E-state index contributed by atoms with van der Waals surface area (Å²) in [6.45, 7) is 4.92. The van der Waals surface area contributed by atoms with Gasteiger partial charge in [-0.3, -0.25) is 4.90 Å². The number of methoxy groups -OCH3 is 1. The summed E-state index contributed by atoms with van der Waals surface area (Å²) in [6, 6.07) is 1.08. The Morgan fingerprint density at radius 2 is 2.25 bits per heavy atom. The molecule has 1 fully saturated rings. The normalized spacial score (nSPS) is 20.0. The van der Waals surface area contributed by atoms with Gasteiger partial charge in [0.15, 0.2) is 0 Å². The van der Waals surface area contributed by atoms with Gasteiger partial charge in [-0.15, -0.1) is 0 Å². The number of ether oxygens (including phenoxy) is 1. The standard InChI is InChI=1S/C9H20N2O/c1-8(10)7-11(5-6-12-2)9-3-4-9/h8-9H,3-7,10H2,1-2H3/t8-/m0/s1. The Morgan fingerprint density at radius 3 is 2.67 bits per heavy atom. The Bertz CT molecular complexity index is 124. The van der Waals surface area contributed by atoms with E-state index in [4.69, 9.17) is 10.5 Å². The Kier molecular flexibility index (Phi) is 3.98. The summed E-state index contributed by atoms with van der Waals surface area (Å²) < 4.78 is 5.05. The van der Waals surface area contributed by atoms with E-state index in [1.54, 1.807) is 7.11 Å². The van der Waals surface area contributed by atoms with Crippen LogP contribution in [0.1, 0.15) is 19.8 Å². The molecule has 0 unspecified atom stereocenters. The summed E-state index contributed by atoms with van der Waals surface area (Å²) in [4.78, 5) is 2.44. The van der Waals surface area contributed by atoms with Gasteiger partial charge in [0.25, 0.3) is 0 Å². The van der Waals surface area contributed by atoms with E-state index in [2.05, 4.69) is 11.8 Å². The molecule has 1 aliphatic rings. The zero-order valence-corrected chi connectivity index (χ0v) is 8.12. The van der Waals surface area contributed by atoms with Crippen LogP contribution in [-0.2, 0) is 4.74 Å². The van der Waals surface area contributed by atoms with Gasteiger partial charge in [0.2, 0.25) is 0 Å². The first-order valence-electron chi connectivity index (χ1n) is 4.72. The van der Waals surface area contributed by atoms with E-state index in [0.29, 0.717) is 0 Å². The SMILES string of the molecule is COCCN(C[C@H](C)N)C1CC1. The van der Waals surface area contributed by atoms with Crippen molar-refractivity contribution in [3.8, 4) is 0 Å². The van der Waals surface area contributed by atoms with Crippen LogP contribution in [0.3, 0.4) is 0 Å². The van der Waals surface area contributed by atoms with Gasteiger partial charge in [0.05, 0.1) is 6.61 Å². The first kappa shape index (κ1) is 9.96. The van der Waals surface area contributed by atoms with Crippen LogP contribution in [0.15, 0.2) is 0 Å². The third-order valence-corrected chi connectivity index (χ3v) is 2.17. The molecule has 0 aromatic carbocycles. The molecule has 1 rings (SSSR count). The second kappa shape index (κ2) is 4.80. The molecule has 1 aliphatic carbocycles. The fraction of sp³-hybridized carbons (Fsp3) is 1.00. The Hall–Kier alpha value is -0.120. The third-order valence-electron chi connectivity index (χ3n) is 2.17. The minimum absolute atomic E-state index is 0.280. The summed E-state index contributed by atoms with van der Waals surface area (Å²) in [7, 11) is 1.75. The lowest BCUT2D eigenvalue weighted by Gasteiger charge is -2.23. The lowest BCUT2D eigenvalue weighted by Crippen LogP contribution is -2.38. The van der Waals surface area contributed by atoms with E-state index < -0.39 is 0 Å². The van der Waals surface area contributed by atoms with Crippen molar-refractivity contribution in [2.45, 2.75) is 31.8 Å². The maximum absolute atomic E-state index is 5.75. The minimum Gasteiger partial charge on any atom is -0.383 e. The molecule has 0 radical (unpaired) electrons. The number of rotatable bonds is 6. The van der Waals surface area contributed by atoms with Crippen molar-refractivity contribution < 1.29 is 4.74 Å². The van der Waals surface area contributed by atoms with Gasteiger partial charge in [-0.1, -0.05) is 0 Å². The maximum Gasteiger partial charge on any atom is 0.0589 e. The molecule has 0 aromatic heterocycles. The van der Waals surface area contributed by atoms with E-state index in [0.717, 1.165) is 25.7 Å². The van der Waals surface area contributed by atoms with Gasteiger partial charge in [-0.25, -0.2) is 0 Å². The maximum atomic E-state index is 5.75. The Morgan fingerprint density at radius 1 is 1.58 bits per heavy atom. The highest BCUT2D eigenvalue weighted by Gasteiger charge is 2.28. The molecule has 3 nitrogen and oxygen atoms in total. The molecular formula is C9H20N2O. The molecule has 0 bridgehead atoms. The van der Waals surface area contributed by atoms with Crippen molar-refractivity contribution in [3.63, 3.8) is 0 Å². The van der Waals surface area contributed by atoms with Crippen molar-refractivity contribution in [2.75, 3.05) is 26.8 Å². The van der Waals surface area contributed by atoms with Crippen LogP contribution in [0.5, 0.6) is 0 Å². The van der Waals surface area contributed by atoms with Crippen LogP contribution in [0.25, 0.3) is 0 Å².